The molecular formula is C15H21NO4. The third-order valence-corrected chi connectivity index (χ3v) is 3.14. The summed E-state index contributed by atoms with van der Waals surface area (Å²) in [7, 11) is 2.69. The van der Waals surface area contributed by atoms with E-state index in [1.807, 2.05) is 0 Å². The van der Waals surface area contributed by atoms with Crippen LogP contribution in [-0.2, 0) is 4.74 Å². The molecule has 0 radical (unpaired) electrons. The van der Waals surface area contributed by atoms with Gasteiger partial charge >= 0.3 is 5.97 Å². The van der Waals surface area contributed by atoms with E-state index in [0.29, 0.717) is 17.2 Å². The Bertz CT molecular complexity index is 481. The zero-order valence-electron chi connectivity index (χ0n) is 11.9. The number of esters is 1. The van der Waals surface area contributed by atoms with Gasteiger partial charge < -0.3 is 20.3 Å². The quantitative estimate of drug-likeness (QED) is 0.830. The van der Waals surface area contributed by atoms with Gasteiger partial charge in [-0.15, -0.1) is 0 Å². The van der Waals surface area contributed by atoms with Gasteiger partial charge in [-0.25, -0.2) is 4.79 Å². The van der Waals surface area contributed by atoms with Gasteiger partial charge in [0.05, 0.1) is 19.8 Å². The van der Waals surface area contributed by atoms with Crippen LogP contribution in [-0.4, -0.2) is 31.3 Å². The molecule has 110 valence electrons. The average molecular weight is 279 g/mol. The molecule has 0 aliphatic heterocycles. The Hall–Kier alpha value is -2.01. The molecule has 0 aromatic heterocycles. The van der Waals surface area contributed by atoms with E-state index in [-0.39, 0.29) is 11.5 Å². The minimum atomic E-state index is -0.497. The van der Waals surface area contributed by atoms with Crippen molar-refractivity contribution < 1.29 is 19.4 Å². The number of rotatable bonds is 3. The van der Waals surface area contributed by atoms with Crippen LogP contribution in [0.15, 0.2) is 18.7 Å². The highest BCUT2D eigenvalue weighted by molar-refractivity contribution is 5.95. The molecule has 3 N–H and O–H groups in total. The number of ether oxygens (including phenoxy) is 2. The monoisotopic (exact) mass is 279 g/mol. The second-order valence-corrected chi connectivity index (χ2v) is 4.47. The number of aromatic hydroxyl groups is 1. The predicted octanol–water partition coefficient (Wildman–Crippen LogP) is 2.33. The first-order valence-corrected chi connectivity index (χ1v) is 6.41. The molecule has 1 saturated carbocycles. The van der Waals surface area contributed by atoms with Crippen molar-refractivity contribution in [3.63, 3.8) is 0 Å². The molecule has 1 fully saturated rings. The number of carbonyl (C=O) groups is 1. The zero-order chi connectivity index (χ0) is 15.1. The zero-order valence-corrected chi connectivity index (χ0v) is 11.9. The molecule has 0 saturated heterocycles. The van der Waals surface area contributed by atoms with E-state index in [0.717, 1.165) is 0 Å². The molecule has 1 aromatic carbocycles. The number of benzene rings is 1. The molecule has 0 spiro atoms. The van der Waals surface area contributed by atoms with Crippen molar-refractivity contribution in [3.8, 4) is 11.5 Å². The fourth-order valence-electron chi connectivity index (χ4n) is 1.73. The first kappa shape index (κ1) is 16.0. The molecule has 1 aliphatic carbocycles. The van der Waals surface area contributed by atoms with Crippen LogP contribution in [0.5, 0.6) is 11.5 Å². The highest BCUT2D eigenvalue weighted by Gasteiger charge is 2.16. The van der Waals surface area contributed by atoms with Gasteiger partial charge in [0, 0.05) is 11.6 Å². The Morgan fingerprint density at radius 1 is 1.45 bits per heavy atom. The van der Waals surface area contributed by atoms with Crippen LogP contribution in [0.3, 0.4) is 0 Å². The van der Waals surface area contributed by atoms with Crippen LogP contribution in [0.25, 0.3) is 6.08 Å². The van der Waals surface area contributed by atoms with Crippen molar-refractivity contribution in [1.29, 1.82) is 0 Å². The molecule has 0 amide bonds. The highest BCUT2D eigenvalue weighted by atomic mass is 16.5. The number of nitrogens with two attached hydrogens (primary N) is 1. The van der Waals surface area contributed by atoms with Crippen molar-refractivity contribution in [1.82, 2.24) is 0 Å². The molecule has 0 heterocycles. The van der Waals surface area contributed by atoms with Crippen molar-refractivity contribution in [2.24, 2.45) is 5.73 Å². The van der Waals surface area contributed by atoms with Crippen LogP contribution < -0.4 is 10.5 Å². The third-order valence-electron chi connectivity index (χ3n) is 3.14. The number of phenols is 1. The molecular weight excluding hydrogens is 258 g/mol. The summed E-state index contributed by atoms with van der Waals surface area (Å²) in [5.41, 5.74) is 6.11. The van der Waals surface area contributed by atoms with E-state index in [4.69, 9.17) is 10.5 Å². The van der Waals surface area contributed by atoms with Crippen LogP contribution in [0.2, 0.25) is 0 Å². The second-order valence-electron chi connectivity index (χ2n) is 4.47. The topological polar surface area (TPSA) is 81.8 Å². The minimum Gasteiger partial charge on any atom is -0.504 e. The highest BCUT2D eigenvalue weighted by Crippen LogP contribution is 2.33. The first-order valence-electron chi connectivity index (χ1n) is 6.41. The summed E-state index contributed by atoms with van der Waals surface area (Å²) < 4.78 is 9.57. The summed E-state index contributed by atoms with van der Waals surface area (Å²) in [6, 6.07) is 3.40. The molecule has 0 unspecified atom stereocenters. The van der Waals surface area contributed by atoms with Gasteiger partial charge in [0.1, 0.15) is 0 Å². The van der Waals surface area contributed by atoms with Gasteiger partial charge in [0.25, 0.3) is 0 Å². The maximum atomic E-state index is 11.4. The SMILES string of the molecule is C=Cc1c(C(=O)OC)ccc(O)c1OC.NC1CCC1. The summed E-state index contributed by atoms with van der Waals surface area (Å²) in [4.78, 5) is 11.4. The van der Waals surface area contributed by atoms with Gasteiger partial charge in [-0.1, -0.05) is 19.1 Å². The van der Waals surface area contributed by atoms with Crippen LogP contribution in [0, 0.1) is 0 Å². The number of methoxy groups -OCH3 is 2. The van der Waals surface area contributed by atoms with E-state index < -0.39 is 5.97 Å². The standard InChI is InChI=1S/C11H12O4.C4H9N/c1-4-7-8(11(13)15-3)5-6-9(12)10(7)14-2;5-4-2-1-3-4/h4-6,12H,1H2,2-3H3;4H,1-3,5H2. The predicted molar refractivity (Wildman–Crippen MR) is 77.9 cm³/mol. The van der Waals surface area contributed by atoms with Crippen molar-refractivity contribution in [3.05, 3.63) is 29.8 Å². The van der Waals surface area contributed by atoms with E-state index in [1.165, 1.54) is 51.7 Å². The molecule has 1 aromatic rings. The van der Waals surface area contributed by atoms with Gasteiger partial charge in [0.2, 0.25) is 0 Å². The van der Waals surface area contributed by atoms with Gasteiger partial charge in [-0.3, -0.25) is 0 Å². The van der Waals surface area contributed by atoms with E-state index in [1.54, 1.807) is 0 Å². The van der Waals surface area contributed by atoms with E-state index in [9.17, 15) is 9.90 Å². The Morgan fingerprint density at radius 3 is 2.40 bits per heavy atom. The lowest BCUT2D eigenvalue weighted by Gasteiger charge is -2.18. The Balaban J connectivity index is 0.000000333. The first-order chi connectivity index (χ1) is 9.54. The van der Waals surface area contributed by atoms with Gasteiger partial charge in [-0.05, 0) is 25.0 Å². The summed E-state index contributed by atoms with van der Waals surface area (Å²) >= 11 is 0. The van der Waals surface area contributed by atoms with Gasteiger partial charge in [0.15, 0.2) is 11.5 Å². The number of hydrogen-bond donors (Lipinski definition) is 2. The summed E-state index contributed by atoms with van der Waals surface area (Å²) in [6.07, 6.45) is 5.33. The van der Waals surface area contributed by atoms with Gasteiger partial charge in [-0.2, -0.15) is 0 Å². The lowest BCUT2D eigenvalue weighted by molar-refractivity contribution is 0.0600. The van der Waals surface area contributed by atoms with E-state index >= 15 is 0 Å². The Morgan fingerprint density at radius 2 is 2.05 bits per heavy atom. The molecule has 1 aliphatic rings. The van der Waals surface area contributed by atoms with Crippen LogP contribution in [0.1, 0.15) is 35.2 Å². The average Bonchev–Trinajstić information content (AvgIpc) is 2.44. The van der Waals surface area contributed by atoms with Crippen molar-refractivity contribution in [2.45, 2.75) is 25.3 Å². The van der Waals surface area contributed by atoms with E-state index in [2.05, 4.69) is 11.3 Å². The lowest BCUT2D eigenvalue weighted by atomic mass is 9.95. The normalized spacial score (nSPS) is 13.6. The third kappa shape index (κ3) is 3.74. The minimum absolute atomic E-state index is 0.0416. The number of carbonyl (C=O) groups excluding carboxylic acids is 1. The lowest BCUT2D eigenvalue weighted by Crippen LogP contribution is -2.27. The fourth-order valence-corrected chi connectivity index (χ4v) is 1.73. The molecule has 5 nitrogen and oxygen atoms in total. The number of phenolic OH excluding ortho intramolecular Hbond substituents is 1. The van der Waals surface area contributed by atoms with Crippen molar-refractivity contribution in [2.75, 3.05) is 14.2 Å². The second kappa shape index (κ2) is 7.55. The molecule has 0 atom stereocenters. The number of hydrogen-bond acceptors (Lipinski definition) is 5. The summed E-state index contributed by atoms with van der Waals surface area (Å²) in [5.74, 6) is -0.323. The van der Waals surface area contributed by atoms with Crippen molar-refractivity contribution >= 4 is 12.0 Å². The summed E-state index contributed by atoms with van der Waals surface area (Å²) in [5, 5.41) is 9.48. The molecule has 5 heteroatoms. The van der Waals surface area contributed by atoms with Crippen LogP contribution in [0.4, 0.5) is 0 Å². The largest absolute Gasteiger partial charge is 0.504 e. The maximum Gasteiger partial charge on any atom is 0.338 e. The maximum absolute atomic E-state index is 11.4. The fraction of sp³-hybridized carbons (Fsp3) is 0.400. The molecule has 20 heavy (non-hydrogen) atoms. The van der Waals surface area contributed by atoms with Crippen LogP contribution >= 0.6 is 0 Å². The Kier molecular flexibility index (Phi) is 6.06. The molecule has 2 rings (SSSR count). The Labute approximate surface area is 119 Å². The molecule has 0 bridgehead atoms. The smallest absolute Gasteiger partial charge is 0.338 e. The summed E-state index contributed by atoms with van der Waals surface area (Å²) in [6.45, 7) is 3.56.